The summed E-state index contributed by atoms with van der Waals surface area (Å²) in [6.07, 6.45) is 2.30. The Labute approximate surface area is 167 Å². The lowest BCUT2D eigenvalue weighted by atomic mass is 10.1. The highest BCUT2D eigenvalue weighted by molar-refractivity contribution is 6.35. The standard InChI is InChI=1S/C14H15Cl2N5O2.2ClH/c15-8-5-10(16)14(19-6-8)23-4-3-18-13(22)12-9-7-17-2-1-11(9)20-21-12;;/h5-6,17H,1-4,7H2,(H,18,22)(H,20,21);2*1H. The molecule has 2 aromatic heterocycles. The predicted octanol–water partition coefficient (Wildman–Crippen LogP) is 2.41. The first-order valence-corrected chi connectivity index (χ1v) is 7.89. The molecule has 0 saturated heterocycles. The third-order valence-corrected chi connectivity index (χ3v) is 3.90. The SMILES string of the molecule is Cl.Cl.O=C(NCCOc1ncc(Cl)cc1Cl)c1n[nH]c2c1CNCC2. The maximum absolute atomic E-state index is 12.2. The van der Waals surface area contributed by atoms with E-state index in [2.05, 4.69) is 25.8 Å². The van der Waals surface area contributed by atoms with Crippen LogP contribution in [0.1, 0.15) is 21.7 Å². The van der Waals surface area contributed by atoms with E-state index >= 15 is 0 Å². The maximum atomic E-state index is 12.2. The number of carbonyl (C=O) groups excluding carboxylic acids is 1. The summed E-state index contributed by atoms with van der Waals surface area (Å²) in [6.45, 7) is 2.09. The maximum Gasteiger partial charge on any atom is 0.272 e. The smallest absolute Gasteiger partial charge is 0.272 e. The number of halogens is 4. The molecule has 138 valence electrons. The van der Waals surface area contributed by atoms with Crippen molar-refractivity contribution in [3.63, 3.8) is 0 Å². The minimum Gasteiger partial charge on any atom is -0.475 e. The van der Waals surface area contributed by atoms with Gasteiger partial charge in [-0.25, -0.2) is 4.98 Å². The molecule has 11 heteroatoms. The van der Waals surface area contributed by atoms with Crippen molar-refractivity contribution in [2.24, 2.45) is 0 Å². The molecular weight excluding hydrogens is 412 g/mol. The van der Waals surface area contributed by atoms with Crippen LogP contribution in [0.4, 0.5) is 0 Å². The predicted molar refractivity (Wildman–Crippen MR) is 101 cm³/mol. The molecule has 0 saturated carbocycles. The minimum absolute atomic E-state index is 0. The Bertz CT molecular complexity index is 725. The number of H-pyrrole nitrogens is 1. The lowest BCUT2D eigenvalue weighted by Crippen LogP contribution is -2.31. The first kappa shape index (κ1) is 21.8. The molecule has 0 spiro atoms. The Morgan fingerprint density at radius 2 is 2.16 bits per heavy atom. The molecule has 0 bridgehead atoms. The van der Waals surface area contributed by atoms with Crippen LogP contribution >= 0.6 is 48.0 Å². The van der Waals surface area contributed by atoms with E-state index in [0.29, 0.717) is 28.8 Å². The monoisotopic (exact) mass is 427 g/mol. The van der Waals surface area contributed by atoms with Crippen LogP contribution in [0.3, 0.4) is 0 Å². The van der Waals surface area contributed by atoms with Gasteiger partial charge in [-0.05, 0) is 6.07 Å². The van der Waals surface area contributed by atoms with E-state index < -0.39 is 0 Å². The fraction of sp³-hybridized carbons (Fsp3) is 0.357. The number of amides is 1. The number of rotatable bonds is 5. The Hall–Kier alpha value is -1.25. The topological polar surface area (TPSA) is 91.9 Å². The molecule has 1 aliphatic rings. The number of fused-ring (bicyclic) bond motifs is 1. The number of aromatic amines is 1. The van der Waals surface area contributed by atoms with Gasteiger partial charge in [-0.15, -0.1) is 24.8 Å². The number of nitrogens with one attached hydrogen (secondary N) is 3. The summed E-state index contributed by atoms with van der Waals surface area (Å²) in [7, 11) is 0. The number of hydrogen-bond donors (Lipinski definition) is 3. The van der Waals surface area contributed by atoms with Crippen LogP contribution in [-0.2, 0) is 13.0 Å². The zero-order chi connectivity index (χ0) is 16.2. The second-order valence-corrected chi connectivity index (χ2v) is 5.84. The second-order valence-electron chi connectivity index (χ2n) is 5.00. The Kier molecular flexibility index (Phi) is 8.75. The molecule has 25 heavy (non-hydrogen) atoms. The van der Waals surface area contributed by atoms with Crippen molar-refractivity contribution in [2.45, 2.75) is 13.0 Å². The zero-order valence-corrected chi connectivity index (χ0v) is 16.1. The average Bonchev–Trinajstić information content (AvgIpc) is 2.97. The summed E-state index contributed by atoms with van der Waals surface area (Å²) in [5.41, 5.74) is 2.37. The normalized spacial score (nSPS) is 12.4. The van der Waals surface area contributed by atoms with Crippen LogP contribution in [-0.4, -0.2) is 40.8 Å². The number of ether oxygens (including phenoxy) is 1. The van der Waals surface area contributed by atoms with Crippen molar-refractivity contribution >= 4 is 53.9 Å². The summed E-state index contributed by atoms with van der Waals surface area (Å²) < 4.78 is 5.42. The second kappa shape index (κ2) is 10.0. The summed E-state index contributed by atoms with van der Waals surface area (Å²) >= 11 is 11.7. The number of hydrogen-bond acceptors (Lipinski definition) is 5. The molecule has 0 aliphatic carbocycles. The van der Waals surface area contributed by atoms with Crippen LogP contribution in [0, 0.1) is 0 Å². The number of carbonyl (C=O) groups is 1. The van der Waals surface area contributed by atoms with Gasteiger partial charge in [0.15, 0.2) is 5.69 Å². The highest BCUT2D eigenvalue weighted by atomic mass is 35.5. The van der Waals surface area contributed by atoms with E-state index in [-0.39, 0.29) is 43.2 Å². The van der Waals surface area contributed by atoms with Crippen molar-refractivity contribution in [1.82, 2.24) is 25.8 Å². The summed E-state index contributed by atoms with van der Waals surface area (Å²) in [5, 5.41) is 13.8. The Morgan fingerprint density at radius 3 is 2.92 bits per heavy atom. The molecule has 0 unspecified atom stereocenters. The summed E-state index contributed by atoms with van der Waals surface area (Å²) in [6, 6.07) is 1.55. The van der Waals surface area contributed by atoms with E-state index in [1.54, 1.807) is 6.07 Å². The first-order valence-electron chi connectivity index (χ1n) is 7.14. The van der Waals surface area contributed by atoms with Gasteiger partial charge >= 0.3 is 0 Å². The van der Waals surface area contributed by atoms with E-state index in [4.69, 9.17) is 27.9 Å². The molecule has 7 nitrogen and oxygen atoms in total. The van der Waals surface area contributed by atoms with Gasteiger partial charge in [0.2, 0.25) is 5.88 Å². The van der Waals surface area contributed by atoms with Gasteiger partial charge in [-0.3, -0.25) is 9.89 Å². The Morgan fingerprint density at radius 1 is 1.36 bits per heavy atom. The molecule has 0 atom stereocenters. The van der Waals surface area contributed by atoms with Crippen LogP contribution in [0.2, 0.25) is 10.0 Å². The van der Waals surface area contributed by atoms with Crippen LogP contribution < -0.4 is 15.4 Å². The Balaban J connectivity index is 0.00000156. The molecule has 3 N–H and O–H groups in total. The molecule has 2 aromatic rings. The van der Waals surface area contributed by atoms with Gasteiger partial charge in [0.05, 0.1) is 11.6 Å². The van der Waals surface area contributed by atoms with Crippen LogP contribution in [0.25, 0.3) is 0 Å². The molecule has 0 radical (unpaired) electrons. The quantitative estimate of drug-likeness (QED) is 0.636. The number of aromatic nitrogens is 3. The van der Waals surface area contributed by atoms with Crippen LogP contribution in [0.15, 0.2) is 12.3 Å². The average molecular weight is 429 g/mol. The van der Waals surface area contributed by atoms with Gasteiger partial charge in [-0.2, -0.15) is 5.10 Å². The molecule has 1 amide bonds. The summed E-state index contributed by atoms with van der Waals surface area (Å²) in [4.78, 5) is 16.1. The van der Waals surface area contributed by atoms with E-state index in [1.165, 1.54) is 6.20 Å². The van der Waals surface area contributed by atoms with Gasteiger partial charge in [-0.1, -0.05) is 23.2 Å². The van der Waals surface area contributed by atoms with Gasteiger partial charge in [0, 0.05) is 37.0 Å². The fourth-order valence-corrected chi connectivity index (χ4v) is 2.75. The first-order chi connectivity index (χ1) is 11.1. The number of pyridine rings is 1. The number of nitrogens with zero attached hydrogens (tertiary/aromatic N) is 2. The molecule has 0 fully saturated rings. The van der Waals surface area contributed by atoms with Crippen molar-refractivity contribution in [3.8, 4) is 5.88 Å². The van der Waals surface area contributed by atoms with Crippen molar-refractivity contribution in [1.29, 1.82) is 0 Å². The minimum atomic E-state index is -0.232. The van der Waals surface area contributed by atoms with Gasteiger partial charge in [0.1, 0.15) is 11.6 Å². The largest absolute Gasteiger partial charge is 0.475 e. The molecule has 3 rings (SSSR count). The fourth-order valence-electron chi connectivity index (χ4n) is 2.32. The highest BCUT2D eigenvalue weighted by Gasteiger charge is 2.21. The van der Waals surface area contributed by atoms with Gasteiger partial charge < -0.3 is 15.4 Å². The van der Waals surface area contributed by atoms with E-state index in [1.807, 2.05) is 0 Å². The van der Waals surface area contributed by atoms with Crippen molar-refractivity contribution in [3.05, 3.63) is 39.3 Å². The summed E-state index contributed by atoms with van der Waals surface area (Å²) in [5.74, 6) is 0.0524. The third-order valence-electron chi connectivity index (χ3n) is 3.42. The molecule has 3 heterocycles. The van der Waals surface area contributed by atoms with E-state index in [9.17, 15) is 4.79 Å². The van der Waals surface area contributed by atoms with Crippen molar-refractivity contribution in [2.75, 3.05) is 19.7 Å². The van der Waals surface area contributed by atoms with E-state index in [0.717, 1.165) is 24.2 Å². The molecule has 1 aliphatic heterocycles. The third kappa shape index (κ3) is 5.36. The van der Waals surface area contributed by atoms with Gasteiger partial charge in [0.25, 0.3) is 5.91 Å². The van der Waals surface area contributed by atoms with Crippen LogP contribution in [0.5, 0.6) is 5.88 Å². The van der Waals surface area contributed by atoms with Crippen molar-refractivity contribution < 1.29 is 9.53 Å². The lowest BCUT2D eigenvalue weighted by Gasteiger charge is -2.13. The highest BCUT2D eigenvalue weighted by Crippen LogP contribution is 2.24. The lowest BCUT2D eigenvalue weighted by molar-refractivity contribution is 0.0940. The molecule has 0 aromatic carbocycles. The molecular formula is C14H17Cl4N5O2. The zero-order valence-electron chi connectivity index (χ0n) is 13.0.